The van der Waals surface area contributed by atoms with Crippen LogP contribution >= 0.6 is 12.6 Å². The van der Waals surface area contributed by atoms with Gasteiger partial charge in [-0.2, -0.15) is 12.6 Å². The van der Waals surface area contributed by atoms with Crippen LogP contribution in [-0.4, -0.2) is 10.3 Å². The van der Waals surface area contributed by atoms with Crippen molar-refractivity contribution in [3.8, 4) is 0 Å². The maximum Gasteiger partial charge on any atom is 0.181 e. The predicted octanol–water partition coefficient (Wildman–Crippen LogP) is 1.95. The SMILES string of the molecule is O=c1ccn(CCCCCS)cc1. The minimum atomic E-state index is 0.0756. The number of aryl methyl sites for hydroxylation is 1. The Morgan fingerprint density at radius 1 is 1.15 bits per heavy atom. The highest BCUT2D eigenvalue weighted by Gasteiger charge is 1.89. The fraction of sp³-hybridized carbons (Fsp3) is 0.500. The molecule has 0 saturated heterocycles. The van der Waals surface area contributed by atoms with Crippen molar-refractivity contribution >= 4 is 12.6 Å². The van der Waals surface area contributed by atoms with Gasteiger partial charge in [-0.3, -0.25) is 4.79 Å². The fourth-order valence-electron chi connectivity index (χ4n) is 1.18. The van der Waals surface area contributed by atoms with E-state index in [0.29, 0.717) is 0 Å². The number of pyridine rings is 1. The van der Waals surface area contributed by atoms with Gasteiger partial charge < -0.3 is 4.57 Å². The van der Waals surface area contributed by atoms with Gasteiger partial charge >= 0.3 is 0 Å². The van der Waals surface area contributed by atoms with Gasteiger partial charge in [-0.25, -0.2) is 0 Å². The summed E-state index contributed by atoms with van der Waals surface area (Å²) in [4.78, 5) is 10.8. The zero-order valence-corrected chi connectivity index (χ0v) is 8.54. The number of aromatic nitrogens is 1. The van der Waals surface area contributed by atoms with E-state index in [-0.39, 0.29) is 5.43 Å². The van der Waals surface area contributed by atoms with Crippen LogP contribution in [-0.2, 0) is 6.54 Å². The Kier molecular flexibility index (Phi) is 4.68. The molecule has 0 aliphatic heterocycles. The van der Waals surface area contributed by atoms with Gasteiger partial charge in [-0.15, -0.1) is 0 Å². The van der Waals surface area contributed by atoms with E-state index in [4.69, 9.17) is 0 Å². The summed E-state index contributed by atoms with van der Waals surface area (Å²) in [6.07, 6.45) is 7.20. The Balaban J connectivity index is 2.29. The van der Waals surface area contributed by atoms with Crippen molar-refractivity contribution in [3.05, 3.63) is 34.7 Å². The maximum absolute atomic E-state index is 10.8. The highest BCUT2D eigenvalue weighted by molar-refractivity contribution is 7.80. The van der Waals surface area contributed by atoms with Crippen LogP contribution in [0.5, 0.6) is 0 Å². The van der Waals surface area contributed by atoms with Crippen LogP contribution in [0.15, 0.2) is 29.3 Å². The molecule has 72 valence electrons. The normalized spacial score (nSPS) is 10.2. The molecule has 3 heteroatoms. The van der Waals surface area contributed by atoms with Gasteiger partial charge in [0.15, 0.2) is 5.43 Å². The molecule has 1 rings (SSSR count). The third kappa shape index (κ3) is 4.18. The predicted molar refractivity (Wildman–Crippen MR) is 58.4 cm³/mol. The number of nitrogens with zero attached hydrogens (tertiary/aromatic N) is 1. The first-order chi connectivity index (χ1) is 6.33. The highest BCUT2D eigenvalue weighted by Crippen LogP contribution is 1.99. The molecule has 0 aliphatic carbocycles. The molecule has 1 aromatic rings. The minimum Gasteiger partial charge on any atom is -0.354 e. The van der Waals surface area contributed by atoms with E-state index in [0.717, 1.165) is 18.7 Å². The molecule has 0 radical (unpaired) electrons. The first-order valence-corrected chi connectivity index (χ1v) is 5.23. The number of thiol groups is 1. The molecule has 0 saturated carbocycles. The van der Waals surface area contributed by atoms with Gasteiger partial charge in [0.05, 0.1) is 0 Å². The second-order valence-electron chi connectivity index (χ2n) is 3.06. The van der Waals surface area contributed by atoms with E-state index >= 15 is 0 Å². The van der Waals surface area contributed by atoms with E-state index in [1.807, 2.05) is 17.0 Å². The molecule has 0 atom stereocenters. The summed E-state index contributed by atoms with van der Waals surface area (Å²) in [7, 11) is 0. The average Bonchev–Trinajstić information content (AvgIpc) is 2.15. The molecule has 0 amide bonds. The zero-order chi connectivity index (χ0) is 9.52. The molecule has 0 aliphatic rings. The Bertz CT molecular complexity index is 275. The number of hydrogen-bond acceptors (Lipinski definition) is 2. The second kappa shape index (κ2) is 5.86. The molecule has 1 heterocycles. The summed E-state index contributed by atoms with van der Waals surface area (Å²) in [5.41, 5.74) is 0.0756. The third-order valence-electron chi connectivity index (χ3n) is 1.93. The smallest absolute Gasteiger partial charge is 0.181 e. The van der Waals surface area contributed by atoms with Crippen molar-refractivity contribution in [2.75, 3.05) is 5.75 Å². The molecule has 0 bridgehead atoms. The molecule has 0 spiro atoms. The van der Waals surface area contributed by atoms with Gasteiger partial charge in [0.25, 0.3) is 0 Å². The molecular weight excluding hydrogens is 182 g/mol. The summed E-state index contributed by atoms with van der Waals surface area (Å²) in [6, 6.07) is 3.19. The van der Waals surface area contributed by atoms with Crippen molar-refractivity contribution in [1.82, 2.24) is 4.57 Å². The van der Waals surface area contributed by atoms with Crippen LogP contribution in [0.3, 0.4) is 0 Å². The number of unbranched alkanes of at least 4 members (excludes halogenated alkanes) is 2. The number of hydrogen-bond donors (Lipinski definition) is 1. The summed E-state index contributed by atoms with van der Waals surface area (Å²) >= 11 is 4.15. The van der Waals surface area contributed by atoms with Gasteiger partial charge in [0.2, 0.25) is 0 Å². The monoisotopic (exact) mass is 197 g/mol. The van der Waals surface area contributed by atoms with Crippen LogP contribution in [0.1, 0.15) is 19.3 Å². The van der Waals surface area contributed by atoms with E-state index < -0.39 is 0 Å². The Morgan fingerprint density at radius 3 is 2.46 bits per heavy atom. The molecular formula is C10H15NOS. The average molecular weight is 197 g/mol. The molecule has 1 aromatic heterocycles. The third-order valence-corrected chi connectivity index (χ3v) is 2.25. The topological polar surface area (TPSA) is 22.0 Å². The van der Waals surface area contributed by atoms with Gasteiger partial charge in [-0.1, -0.05) is 6.42 Å². The Hall–Kier alpha value is -0.700. The van der Waals surface area contributed by atoms with Crippen LogP contribution in [0.4, 0.5) is 0 Å². The van der Waals surface area contributed by atoms with E-state index in [9.17, 15) is 4.79 Å². The van der Waals surface area contributed by atoms with Crippen molar-refractivity contribution < 1.29 is 0 Å². The largest absolute Gasteiger partial charge is 0.354 e. The quantitative estimate of drug-likeness (QED) is 0.565. The molecule has 0 N–H and O–H groups in total. The summed E-state index contributed by atoms with van der Waals surface area (Å²) in [5, 5.41) is 0. The standard InChI is InChI=1S/C10H15NOS/c12-10-4-7-11(8-5-10)6-2-1-3-9-13/h4-5,7-8,13H,1-3,6,9H2. The van der Waals surface area contributed by atoms with Crippen molar-refractivity contribution in [1.29, 1.82) is 0 Å². The molecule has 2 nitrogen and oxygen atoms in total. The lowest BCUT2D eigenvalue weighted by molar-refractivity contribution is 0.601. The second-order valence-corrected chi connectivity index (χ2v) is 3.50. The lowest BCUT2D eigenvalue weighted by atomic mass is 10.2. The molecule has 13 heavy (non-hydrogen) atoms. The fourth-order valence-corrected chi connectivity index (χ4v) is 1.40. The number of rotatable bonds is 5. The Labute approximate surface area is 84.0 Å². The zero-order valence-electron chi connectivity index (χ0n) is 7.65. The van der Waals surface area contributed by atoms with Crippen molar-refractivity contribution in [2.45, 2.75) is 25.8 Å². The summed E-state index contributed by atoms with van der Waals surface area (Å²) < 4.78 is 2.04. The van der Waals surface area contributed by atoms with Crippen LogP contribution in [0, 0.1) is 0 Å². The summed E-state index contributed by atoms with van der Waals surface area (Å²) in [6.45, 7) is 0.994. The minimum absolute atomic E-state index is 0.0756. The van der Waals surface area contributed by atoms with E-state index in [2.05, 4.69) is 12.6 Å². The van der Waals surface area contributed by atoms with Crippen LogP contribution in [0.25, 0.3) is 0 Å². The van der Waals surface area contributed by atoms with Gasteiger partial charge in [0.1, 0.15) is 0 Å². The van der Waals surface area contributed by atoms with Gasteiger partial charge in [-0.05, 0) is 18.6 Å². The molecule has 0 fully saturated rings. The van der Waals surface area contributed by atoms with Crippen LogP contribution < -0.4 is 5.43 Å². The maximum atomic E-state index is 10.8. The van der Waals surface area contributed by atoms with Crippen molar-refractivity contribution in [3.63, 3.8) is 0 Å². The first-order valence-electron chi connectivity index (χ1n) is 4.60. The molecule has 0 unspecified atom stereocenters. The lowest BCUT2D eigenvalue weighted by Gasteiger charge is -2.04. The highest BCUT2D eigenvalue weighted by atomic mass is 32.1. The lowest BCUT2D eigenvalue weighted by Crippen LogP contribution is -2.03. The van der Waals surface area contributed by atoms with E-state index in [1.165, 1.54) is 12.8 Å². The van der Waals surface area contributed by atoms with Gasteiger partial charge in [0, 0.05) is 31.1 Å². The first kappa shape index (κ1) is 10.4. The van der Waals surface area contributed by atoms with Crippen molar-refractivity contribution in [2.24, 2.45) is 0 Å². The van der Waals surface area contributed by atoms with Crippen LogP contribution in [0.2, 0.25) is 0 Å². The molecule has 0 aromatic carbocycles. The summed E-state index contributed by atoms with van der Waals surface area (Å²) in [5.74, 6) is 0.962. The Morgan fingerprint density at radius 2 is 1.85 bits per heavy atom. The van der Waals surface area contributed by atoms with E-state index in [1.54, 1.807) is 12.1 Å².